The van der Waals surface area contributed by atoms with E-state index in [0.29, 0.717) is 23.4 Å². The van der Waals surface area contributed by atoms with Crippen LogP contribution < -0.4 is 20.3 Å². The van der Waals surface area contributed by atoms with Crippen molar-refractivity contribution in [2.24, 2.45) is 0 Å². The fourth-order valence-corrected chi connectivity index (χ4v) is 3.56. The van der Waals surface area contributed by atoms with Gasteiger partial charge in [-0.3, -0.25) is 9.59 Å². The van der Waals surface area contributed by atoms with Crippen molar-refractivity contribution in [2.45, 2.75) is 19.0 Å². The van der Waals surface area contributed by atoms with E-state index in [0.717, 1.165) is 10.5 Å². The second-order valence-corrected chi connectivity index (χ2v) is 7.59. The summed E-state index contributed by atoms with van der Waals surface area (Å²) in [4.78, 5) is 39.6. The van der Waals surface area contributed by atoms with Crippen LogP contribution in [0.4, 0.5) is 4.79 Å². The molecule has 1 saturated heterocycles. The van der Waals surface area contributed by atoms with Crippen molar-refractivity contribution in [1.82, 2.24) is 15.5 Å². The Kier molecular flexibility index (Phi) is 6.07. The molecule has 0 aromatic heterocycles. The minimum Gasteiger partial charge on any atom is -0.497 e. The molecular weight excluding hydrogens is 384 g/mol. The highest BCUT2D eigenvalue weighted by Crippen LogP contribution is 2.30. The van der Waals surface area contributed by atoms with Gasteiger partial charge in [0.25, 0.3) is 11.8 Å². The highest BCUT2D eigenvalue weighted by molar-refractivity contribution is 6.07. The highest BCUT2D eigenvalue weighted by Gasteiger charge is 2.50. The number of benzene rings is 2. The van der Waals surface area contributed by atoms with E-state index in [1.54, 1.807) is 57.5 Å². The first kappa shape index (κ1) is 21.3. The first-order chi connectivity index (χ1) is 14.3. The van der Waals surface area contributed by atoms with Gasteiger partial charge in [0.15, 0.2) is 6.67 Å². The molecule has 2 atom stereocenters. The third kappa shape index (κ3) is 4.13. The maximum atomic E-state index is 13.1. The summed E-state index contributed by atoms with van der Waals surface area (Å²) in [6.45, 7) is 2.53. The van der Waals surface area contributed by atoms with Crippen LogP contribution in [0.25, 0.3) is 0 Å². The van der Waals surface area contributed by atoms with Gasteiger partial charge in [0.05, 0.1) is 14.2 Å². The zero-order valence-corrected chi connectivity index (χ0v) is 17.6. The molecule has 0 aliphatic carbocycles. The summed E-state index contributed by atoms with van der Waals surface area (Å²) >= 11 is 0. The molecule has 30 heavy (non-hydrogen) atoms. The third-order valence-electron chi connectivity index (χ3n) is 5.30. The number of hydrogen-bond donors (Lipinski definition) is 3. The molecule has 0 saturated carbocycles. The summed E-state index contributed by atoms with van der Waals surface area (Å²) in [6, 6.07) is 14.0. The number of carbonyl (C=O) groups is 3. The van der Waals surface area contributed by atoms with Gasteiger partial charge in [0, 0.05) is 18.2 Å². The Bertz CT molecular complexity index is 960. The van der Waals surface area contributed by atoms with Crippen LogP contribution in [-0.2, 0) is 16.9 Å². The van der Waals surface area contributed by atoms with Crippen LogP contribution in [0.1, 0.15) is 28.4 Å². The number of hydrogen-bond acceptors (Lipinski definition) is 4. The van der Waals surface area contributed by atoms with Gasteiger partial charge in [0.1, 0.15) is 17.8 Å². The Hall–Kier alpha value is -3.39. The van der Waals surface area contributed by atoms with Crippen molar-refractivity contribution in [1.29, 1.82) is 0 Å². The molecule has 158 valence electrons. The van der Waals surface area contributed by atoms with Crippen molar-refractivity contribution in [3.63, 3.8) is 0 Å². The van der Waals surface area contributed by atoms with Gasteiger partial charge < -0.3 is 20.3 Å². The number of amides is 4. The Labute approximate surface area is 175 Å². The molecule has 2 aromatic rings. The molecule has 0 bridgehead atoms. The number of imide groups is 1. The summed E-state index contributed by atoms with van der Waals surface area (Å²) in [7, 11) is 5.06. The van der Waals surface area contributed by atoms with E-state index in [1.807, 2.05) is 19.2 Å². The molecule has 8 nitrogen and oxygen atoms in total. The number of quaternary nitrogens is 1. The average Bonchev–Trinajstić information content (AvgIpc) is 2.97. The van der Waals surface area contributed by atoms with E-state index < -0.39 is 11.6 Å². The van der Waals surface area contributed by atoms with Crippen LogP contribution in [-0.4, -0.2) is 50.6 Å². The number of nitrogens with zero attached hydrogens (tertiary/aromatic N) is 1. The predicted octanol–water partition coefficient (Wildman–Crippen LogP) is 0.494. The average molecular weight is 411 g/mol. The summed E-state index contributed by atoms with van der Waals surface area (Å²) in [5.41, 5.74) is 1.12. The van der Waals surface area contributed by atoms with Crippen LogP contribution >= 0.6 is 0 Å². The maximum absolute atomic E-state index is 13.1. The molecule has 3 N–H and O–H groups in total. The standard InChI is InChI=1S/C22H26N4O4/c1-22(17-6-5-7-18(12-17)30-4)20(28)26(21(29)24-22)14-25(3)13-15-8-10-16(11-9-15)19(27)23-2/h5-12H,13-14H2,1-4H3,(H,23,27)(H,24,29)/p+1/t22-/m1/s1. The molecule has 3 rings (SSSR count). The number of nitrogens with one attached hydrogen (secondary N) is 3. The fraction of sp³-hybridized carbons (Fsp3) is 0.318. The lowest BCUT2D eigenvalue weighted by Crippen LogP contribution is -3.09. The fourth-order valence-electron chi connectivity index (χ4n) is 3.56. The van der Waals surface area contributed by atoms with Crippen LogP contribution in [0, 0.1) is 0 Å². The largest absolute Gasteiger partial charge is 0.497 e. The monoisotopic (exact) mass is 411 g/mol. The van der Waals surface area contributed by atoms with Crippen molar-refractivity contribution in [2.75, 3.05) is 27.9 Å². The van der Waals surface area contributed by atoms with Crippen LogP contribution in [0.3, 0.4) is 0 Å². The zero-order chi connectivity index (χ0) is 21.9. The Morgan fingerprint density at radius 2 is 1.90 bits per heavy atom. The van der Waals surface area contributed by atoms with Gasteiger partial charge in [-0.25, -0.2) is 9.69 Å². The van der Waals surface area contributed by atoms with Crippen molar-refractivity contribution in [3.05, 3.63) is 65.2 Å². The topological polar surface area (TPSA) is 92.2 Å². The molecule has 1 aliphatic rings. The molecule has 1 aliphatic heterocycles. The van der Waals surface area contributed by atoms with E-state index in [9.17, 15) is 14.4 Å². The smallest absolute Gasteiger partial charge is 0.329 e. The molecular formula is C22H27N4O4+. The van der Waals surface area contributed by atoms with Crippen molar-refractivity contribution < 1.29 is 24.0 Å². The summed E-state index contributed by atoms with van der Waals surface area (Å²) in [5, 5.41) is 5.40. The van der Waals surface area contributed by atoms with Gasteiger partial charge in [-0.2, -0.15) is 0 Å². The normalized spacial score (nSPS) is 19.4. The van der Waals surface area contributed by atoms with Crippen LogP contribution in [0.2, 0.25) is 0 Å². The SMILES string of the molecule is CNC(=O)c1ccc(C[NH+](C)CN2C(=O)N[C@](C)(c3cccc(OC)c3)C2=O)cc1. The first-order valence-corrected chi connectivity index (χ1v) is 9.69. The molecule has 1 fully saturated rings. The van der Waals surface area contributed by atoms with Gasteiger partial charge >= 0.3 is 6.03 Å². The number of methoxy groups -OCH3 is 1. The number of urea groups is 1. The number of rotatable bonds is 7. The van der Waals surface area contributed by atoms with E-state index in [4.69, 9.17) is 4.74 Å². The van der Waals surface area contributed by atoms with Gasteiger partial charge in [-0.15, -0.1) is 0 Å². The summed E-state index contributed by atoms with van der Waals surface area (Å²) in [5.74, 6) is 0.186. The second-order valence-electron chi connectivity index (χ2n) is 7.59. The Morgan fingerprint density at radius 1 is 1.20 bits per heavy atom. The molecule has 0 radical (unpaired) electrons. The van der Waals surface area contributed by atoms with Gasteiger partial charge in [-0.1, -0.05) is 24.3 Å². The minimum atomic E-state index is -1.14. The lowest BCUT2D eigenvalue weighted by Gasteiger charge is -2.23. The summed E-state index contributed by atoms with van der Waals surface area (Å²) in [6.07, 6.45) is 0. The predicted molar refractivity (Wildman–Crippen MR) is 111 cm³/mol. The van der Waals surface area contributed by atoms with E-state index in [2.05, 4.69) is 10.6 Å². The first-order valence-electron chi connectivity index (χ1n) is 9.69. The molecule has 8 heteroatoms. The molecule has 1 unspecified atom stereocenters. The van der Waals surface area contributed by atoms with Crippen LogP contribution in [0.5, 0.6) is 5.75 Å². The minimum absolute atomic E-state index is 0.140. The second kappa shape index (κ2) is 8.54. The Morgan fingerprint density at radius 3 is 2.53 bits per heavy atom. The van der Waals surface area contributed by atoms with Crippen LogP contribution in [0.15, 0.2) is 48.5 Å². The number of carbonyl (C=O) groups excluding carboxylic acids is 3. The molecule has 2 aromatic carbocycles. The lowest BCUT2D eigenvalue weighted by atomic mass is 9.92. The maximum Gasteiger partial charge on any atom is 0.329 e. The molecule has 1 heterocycles. The third-order valence-corrected chi connectivity index (χ3v) is 5.30. The van der Waals surface area contributed by atoms with Gasteiger partial charge in [-0.05, 0) is 36.8 Å². The highest BCUT2D eigenvalue weighted by atomic mass is 16.5. The van der Waals surface area contributed by atoms with Crippen molar-refractivity contribution in [3.8, 4) is 5.75 Å². The summed E-state index contributed by atoms with van der Waals surface area (Å²) < 4.78 is 5.24. The van der Waals surface area contributed by atoms with E-state index >= 15 is 0 Å². The van der Waals surface area contributed by atoms with E-state index in [1.165, 1.54) is 4.90 Å². The van der Waals surface area contributed by atoms with Crippen molar-refractivity contribution >= 4 is 17.8 Å². The zero-order valence-electron chi connectivity index (χ0n) is 17.6. The Balaban J connectivity index is 1.69. The van der Waals surface area contributed by atoms with E-state index in [-0.39, 0.29) is 18.5 Å². The lowest BCUT2D eigenvalue weighted by molar-refractivity contribution is -0.901. The quantitative estimate of drug-likeness (QED) is 0.579. The molecule has 4 amide bonds. The van der Waals surface area contributed by atoms with Gasteiger partial charge in [0.2, 0.25) is 0 Å². The number of ether oxygens (including phenoxy) is 1. The molecule has 0 spiro atoms.